The first kappa shape index (κ1) is 12.4. The van der Waals surface area contributed by atoms with E-state index in [4.69, 9.17) is 0 Å². The van der Waals surface area contributed by atoms with E-state index in [9.17, 15) is 4.21 Å². The van der Waals surface area contributed by atoms with Gasteiger partial charge < -0.3 is 0 Å². The molecule has 0 bridgehead atoms. The molecule has 0 aromatic heterocycles. The fraction of sp³-hybridized carbons (Fsp3) is 0.500. The summed E-state index contributed by atoms with van der Waals surface area (Å²) in [6, 6.07) is 8.45. The Hall–Kier alpha value is -0.670. The summed E-state index contributed by atoms with van der Waals surface area (Å²) < 4.78 is 13.8. The fourth-order valence-corrected chi connectivity index (χ4v) is 1.89. The first-order chi connectivity index (χ1) is 7.08. The van der Waals surface area contributed by atoms with Gasteiger partial charge in [0.1, 0.15) is 0 Å². The van der Waals surface area contributed by atoms with Crippen LogP contribution in [0.25, 0.3) is 0 Å². The molecular weight excluding hydrogens is 206 g/mol. The van der Waals surface area contributed by atoms with Crippen molar-refractivity contribution in [2.45, 2.75) is 26.8 Å². The topological polar surface area (TPSA) is 29.1 Å². The van der Waals surface area contributed by atoms with Crippen molar-refractivity contribution in [2.75, 3.05) is 6.26 Å². The maximum absolute atomic E-state index is 10.9. The second kappa shape index (κ2) is 6.03. The number of benzene rings is 1. The molecule has 0 saturated carbocycles. The summed E-state index contributed by atoms with van der Waals surface area (Å²) in [4.78, 5) is 0. The van der Waals surface area contributed by atoms with E-state index in [1.54, 1.807) is 6.26 Å². The lowest BCUT2D eigenvalue weighted by Crippen LogP contribution is -2.14. The average molecular weight is 225 g/mol. The lowest BCUT2D eigenvalue weighted by molar-refractivity contribution is 0.646. The number of hydrogen-bond donors (Lipinski definition) is 1. The van der Waals surface area contributed by atoms with Gasteiger partial charge in [0, 0.05) is 12.8 Å². The molecule has 84 valence electrons. The van der Waals surface area contributed by atoms with E-state index >= 15 is 0 Å². The molecule has 1 aromatic rings. The Bertz CT molecular complexity index is 336. The van der Waals surface area contributed by atoms with Gasteiger partial charge >= 0.3 is 0 Å². The van der Waals surface area contributed by atoms with Gasteiger partial charge in [-0.15, -0.1) is 0 Å². The van der Waals surface area contributed by atoms with E-state index in [-0.39, 0.29) is 0 Å². The molecule has 0 aliphatic carbocycles. The SMILES string of the molecule is CC(C)Cc1cccc(CNS(C)=O)c1. The highest BCUT2D eigenvalue weighted by molar-refractivity contribution is 7.82. The molecule has 0 amide bonds. The Kier molecular flexibility index (Phi) is 4.99. The Labute approximate surface area is 94.7 Å². The predicted octanol–water partition coefficient (Wildman–Crippen LogP) is 2.27. The van der Waals surface area contributed by atoms with Crippen molar-refractivity contribution in [1.29, 1.82) is 0 Å². The van der Waals surface area contributed by atoms with Gasteiger partial charge in [0.15, 0.2) is 0 Å². The minimum absolute atomic E-state index is 0.675. The van der Waals surface area contributed by atoms with Gasteiger partial charge in [-0.3, -0.25) is 0 Å². The van der Waals surface area contributed by atoms with Crippen LogP contribution >= 0.6 is 0 Å². The maximum Gasteiger partial charge on any atom is 0.0886 e. The quantitative estimate of drug-likeness (QED) is 0.818. The van der Waals surface area contributed by atoms with Crippen LogP contribution in [0.2, 0.25) is 0 Å². The maximum atomic E-state index is 10.9. The Balaban J connectivity index is 2.61. The van der Waals surface area contributed by atoms with E-state index in [1.165, 1.54) is 11.1 Å². The van der Waals surface area contributed by atoms with Crippen LogP contribution in [0.15, 0.2) is 24.3 Å². The Morgan fingerprint density at radius 1 is 1.33 bits per heavy atom. The Morgan fingerprint density at radius 2 is 2.00 bits per heavy atom. The second-order valence-electron chi connectivity index (χ2n) is 4.19. The minimum atomic E-state index is -0.933. The van der Waals surface area contributed by atoms with Gasteiger partial charge in [-0.05, 0) is 23.5 Å². The third kappa shape index (κ3) is 5.09. The zero-order valence-electron chi connectivity index (χ0n) is 9.62. The molecule has 1 atom stereocenters. The molecule has 1 N–H and O–H groups in total. The van der Waals surface area contributed by atoms with Gasteiger partial charge in [-0.25, -0.2) is 8.93 Å². The van der Waals surface area contributed by atoms with Crippen molar-refractivity contribution in [1.82, 2.24) is 4.72 Å². The number of rotatable bonds is 5. The van der Waals surface area contributed by atoms with Crippen LogP contribution in [0.3, 0.4) is 0 Å². The molecule has 1 unspecified atom stereocenters. The van der Waals surface area contributed by atoms with Crippen LogP contribution in [0.1, 0.15) is 25.0 Å². The summed E-state index contributed by atoms with van der Waals surface area (Å²) in [6.07, 6.45) is 2.75. The van der Waals surface area contributed by atoms with Gasteiger partial charge in [0.2, 0.25) is 0 Å². The third-order valence-electron chi connectivity index (χ3n) is 2.11. The summed E-state index contributed by atoms with van der Waals surface area (Å²) in [5.41, 5.74) is 2.55. The average Bonchev–Trinajstić information content (AvgIpc) is 2.14. The molecule has 3 heteroatoms. The smallest absolute Gasteiger partial charge is 0.0886 e. The van der Waals surface area contributed by atoms with Gasteiger partial charge in [0.25, 0.3) is 0 Å². The lowest BCUT2D eigenvalue weighted by Gasteiger charge is -2.07. The molecule has 0 aliphatic rings. The van der Waals surface area contributed by atoms with Crippen LogP contribution in [0, 0.1) is 5.92 Å². The van der Waals surface area contributed by atoms with Crippen molar-refractivity contribution >= 4 is 11.0 Å². The zero-order valence-corrected chi connectivity index (χ0v) is 10.4. The van der Waals surface area contributed by atoms with Crippen LogP contribution < -0.4 is 4.72 Å². The highest BCUT2D eigenvalue weighted by Crippen LogP contribution is 2.10. The van der Waals surface area contributed by atoms with Crippen molar-refractivity contribution in [3.05, 3.63) is 35.4 Å². The van der Waals surface area contributed by atoms with E-state index in [1.807, 2.05) is 0 Å². The van der Waals surface area contributed by atoms with E-state index < -0.39 is 11.0 Å². The van der Waals surface area contributed by atoms with Gasteiger partial charge in [-0.1, -0.05) is 38.1 Å². The molecule has 0 heterocycles. The summed E-state index contributed by atoms with van der Waals surface area (Å²) >= 11 is 0. The molecule has 15 heavy (non-hydrogen) atoms. The zero-order chi connectivity index (χ0) is 11.3. The second-order valence-corrected chi connectivity index (χ2v) is 5.39. The summed E-state index contributed by atoms with van der Waals surface area (Å²) in [5.74, 6) is 0.675. The monoisotopic (exact) mass is 225 g/mol. The van der Waals surface area contributed by atoms with E-state index in [0.29, 0.717) is 12.5 Å². The van der Waals surface area contributed by atoms with Crippen molar-refractivity contribution in [3.8, 4) is 0 Å². The molecule has 1 aromatic carbocycles. The molecule has 1 rings (SSSR count). The first-order valence-corrected chi connectivity index (χ1v) is 6.78. The van der Waals surface area contributed by atoms with Crippen LogP contribution in [0.5, 0.6) is 0 Å². The predicted molar refractivity (Wildman–Crippen MR) is 65.9 cm³/mol. The molecule has 0 radical (unpaired) electrons. The summed E-state index contributed by atoms with van der Waals surface area (Å²) in [7, 11) is -0.933. The molecule has 0 fully saturated rings. The van der Waals surface area contributed by atoms with Crippen LogP contribution in [0.4, 0.5) is 0 Å². The van der Waals surface area contributed by atoms with E-state index in [2.05, 4.69) is 42.8 Å². The van der Waals surface area contributed by atoms with Gasteiger partial charge in [-0.2, -0.15) is 0 Å². The Morgan fingerprint density at radius 3 is 2.60 bits per heavy atom. The minimum Gasteiger partial charge on any atom is -0.243 e. The largest absolute Gasteiger partial charge is 0.243 e. The number of nitrogens with one attached hydrogen (secondary N) is 1. The fourth-order valence-electron chi connectivity index (χ4n) is 1.52. The van der Waals surface area contributed by atoms with E-state index in [0.717, 1.165) is 6.42 Å². The highest BCUT2D eigenvalue weighted by Gasteiger charge is 1.99. The lowest BCUT2D eigenvalue weighted by atomic mass is 10.0. The summed E-state index contributed by atoms with van der Waals surface area (Å²) in [5, 5.41) is 0. The van der Waals surface area contributed by atoms with Crippen molar-refractivity contribution < 1.29 is 4.21 Å². The van der Waals surface area contributed by atoms with Crippen molar-refractivity contribution in [2.24, 2.45) is 5.92 Å². The van der Waals surface area contributed by atoms with Crippen molar-refractivity contribution in [3.63, 3.8) is 0 Å². The highest BCUT2D eigenvalue weighted by atomic mass is 32.2. The molecule has 0 spiro atoms. The molecule has 0 aliphatic heterocycles. The summed E-state index contributed by atoms with van der Waals surface area (Å²) in [6.45, 7) is 5.10. The standard InChI is InChI=1S/C12H19NOS/c1-10(2)7-11-5-4-6-12(8-11)9-13-15(3)14/h4-6,8,10,13H,7,9H2,1-3H3. The molecule has 2 nitrogen and oxygen atoms in total. The van der Waals surface area contributed by atoms with Crippen LogP contribution in [-0.2, 0) is 24.0 Å². The third-order valence-corrected chi connectivity index (χ3v) is 2.67. The number of hydrogen-bond acceptors (Lipinski definition) is 1. The normalized spacial score (nSPS) is 13.1. The first-order valence-electron chi connectivity index (χ1n) is 5.22. The van der Waals surface area contributed by atoms with Gasteiger partial charge in [0.05, 0.1) is 11.0 Å². The molecular formula is C12H19NOS. The molecule has 0 saturated heterocycles. The van der Waals surface area contributed by atoms with Crippen LogP contribution in [-0.4, -0.2) is 10.5 Å².